The summed E-state index contributed by atoms with van der Waals surface area (Å²) in [4.78, 5) is 38.5. The number of carbonyl (C=O) groups is 3. The minimum absolute atomic E-state index is 0.214. The Morgan fingerprint density at radius 2 is 2.00 bits per heavy atom. The summed E-state index contributed by atoms with van der Waals surface area (Å²) in [5.74, 6) is -2.50. The largest absolute Gasteiger partial charge is 0.493 e. The highest BCUT2D eigenvalue weighted by Gasteiger charge is 2.55. The van der Waals surface area contributed by atoms with Gasteiger partial charge in [-0.25, -0.2) is 13.6 Å². The minimum atomic E-state index is -1.31. The van der Waals surface area contributed by atoms with Crippen molar-refractivity contribution in [1.29, 1.82) is 0 Å². The second-order valence-corrected chi connectivity index (χ2v) is 6.49. The van der Waals surface area contributed by atoms with Crippen LogP contribution in [0.5, 0.6) is 5.75 Å². The SMILES string of the molecule is O=C(CN1C(=O)N[C@@]2(CCOc3ccccc32)C1=O)Nc1cc(F)ccc1F. The van der Waals surface area contributed by atoms with E-state index in [1.807, 2.05) is 0 Å². The first-order valence-electron chi connectivity index (χ1n) is 8.52. The highest BCUT2D eigenvalue weighted by molar-refractivity contribution is 6.10. The summed E-state index contributed by atoms with van der Waals surface area (Å²) in [6, 6.07) is 8.69. The fraction of sp³-hybridized carbons (Fsp3) is 0.211. The predicted molar refractivity (Wildman–Crippen MR) is 93.5 cm³/mol. The summed E-state index contributed by atoms with van der Waals surface area (Å²) in [7, 11) is 0. The number of hydrogen-bond acceptors (Lipinski definition) is 4. The van der Waals surface area contributed by atoms with Gasteiger partial charge < -0.3 is 15.4 Å². The fourth-order valence-electron chi connectivity index (χ4n) is 3.44. The van der Waals surface area contributed by atoms with Gasteiger partial charge in [-0.05, 0) is 18.2 Å². The van der Waals surface area contributed by atoms with E-state index in [2.05, 4.69) is 10.6 Å². The lowest BCUT2D eigenvalue weighted by Crippen LogP contribution is -2.48. The van der Waals surface area contributed by atoms with Crippen LogP contribution in [0, 0.1) is 11.6 Å². The first-order valence-corrected chi connectivity index (χ1v) is 8.52. The summed E-state index contributed by atoms with van der Waals surface area (Å²) >= 11 is 0. The average Bonchev–Trinajstić information content (AvgIpc) is 2.90. The Bertz CT molecular complexity index is 997. The van der Waals surface area contributed by atoms with Crippen molar-refractivity contribution < 1.29 is 27.9 Å². The minimum Gasteiger partial charge on any atom is -0.493 e. The monoisotopic (exact) mass is 387 g/mol. The molecule has 1 fully saturated rings. The molecule has 1 spiro atoms. The number of anilines is 1. The molecule has 1 saturated heterocycles. The van der Waals surface area contributed by atoms with Gasteiger partial charge in [-0.15, -0.1) is 0 Å². The Labute approximate surface area is 158 Å². The van der Waals surface area contributed by atoms with Crippen molar-refractivity contribution in [3.8, 4) is 5.75 Å². The van der Waals surface area contributed by atoms with Gasteiger partial charge >= 0.3 is 6.03 Å². The van der Waals surface area contributed by atoms with Crippen molar-refractivity contribution in [3.05, 3.63) is 59.7 Å². The molecule has 2 aromatic rings. The molecule has 4 rings (SSSR count). The second-order valence-electron chi connectivity index (χ2n) is 6.49. The second kappa shape index (κ2) is 6.59. The molecule has 0 saturated carbocycles. The third-order valence-electron chi connectivity index (χ3n) is 4.76. The van der Waals surface area contributed by atoms with Crippen LogP contribution in [0.4, 0.5) is 19.3 Å². The van der Waals surface area contributed by atoms with Crippen LogP contribution >= 0.6 is 0 Å². The Hall–Kier alpha value is -3.49. The number of rotatable bonds is 3. The van der Waals surface area contributed by atoms with Crippen LogP contribution in [0.15, 0.2) is 42.5 Å². The Kier molecular flexibility index (Phi) is 4.21. The molecule has 0 bridgehead atoms. The van der Waals surface area contributed by atoms with Gasteiger partial charge in [0.25, 0.3) is 5.91 Å². The number of amides is 4. The van der Waals surface area contributed by atoms with Gasteiger partial charge in [0, 0.05) is 18.1 Å². The van der Waals surface area contributed by atoms with E-state index in [-0.39, 0.29) is 18.7 Å². The van der Waals surface area contributed by atoms with Crippen LogP contribution in [0.2, 0.25) is 0 Å². The highest BCUT2D eigenvalue weighted by Crippen LogP contribution is 2.40. The standard InChI is InChI=1S/C19H15F2N3O4/c20-11-5-6-13(21)14(9-11)22-16(25)10-24-17(26)19(23-18(24)27)7-8-28-15-4-2-1-3-12(15)19/h1-6,9H,7-8,10H2,(H,22,25)(H,23,27)/t19-/m1/s1. The molecule has 2 aliphatic heterocycles. The smallest absolute Gasteiger partial charge is 0.325 e. The zero-order chi connectivity index (χ0) is 19.9. The van der Waals surface area contributed by atoms with Crippen LogP contribution in [-0.4, -0.2) is 35.9 Å². The normalized spacial score (nSPS) is 20.6. The molecule has 2 aliphatic rings. The first-order chi connectivity index (χ1) is 13.4. The van der Waals surface area contributed by atoms with Gasteiger partial charge in [0.2, 0.25) is 5.91 Å². The van der Waals surface area contributed by atoms with Gasteiger partial charge in [0.15, 0.2) is 5.54 Å². The molecule has 4 amide bonds. The lowest BCUT2D eigenvalue weighted by molar-refractivity contribution is -0.135. The maximum absolute atomic E-state index is 13.7. The van der Waals surface area contributed by atoms with Crippen molar-refractivity contribution in [3.63, 3.8) is 0 Å². The molecule has 0 unspecified atom stereocenters. The molecule has 2 N–H and O–H groups in total. The van der Waals surface area contributed by atoms with Crippen molar-refractivity contribution in [1.82, 2.24) is 10.2 Å². The fourth-order valence-corrected chi connectivity index (χ4v) is 3.44. The molecule has 0 aliphatic carbocycles. The maximum atomic E-state index is 13.7. The van der Waals surface area contributed by atoms with Crippen molar-refractivity contribution in [2.45, 2.75) is 12.0 Å². The third kappa shape index (κ3) is 2.84. The van der Waals surface area contributed by atoms with Crippen LogP contribution in [0.1, 0.15) is 12.0 Å². The zero-order valence-electron chi connectivity index (χ0n) is 14.5. The number of ether oxygens (including phenoxy) is 1. The number of nitrogens with one attached hydrogen (secondary N) is 2. The quantitative estimate of drug-likeness (QED) is 0.790. The number of para-hydroxylation sites is 1. The molecule has 7 nitrogen and oxygen atoms in total. The van der Waals surface area contributed by atoms with Crippen molar-refractivity contribution >= 4 is 23.5 Å². The maximum Gasteiger partial charge on any atom is 0.325 e. The number of fused-ring (bicyclic) bond motifs is 2. The van der Waals surface area contributed by atoms with Crippen LogP contribution in [0.25, 0.3) is 0 Å². The van der Waals surface area contributed by atoms with Crippen molar-refractivity contribution in [2.75, 3.05) is 18.5 Å². The number of urea groups is 1. The highest BCUT2D eigenvalue weighted by atomic mass is 19.1. The number of carbonyl (C=O) groups excluding carboxylic acids is 3. The van der Waals surface area contributed by atoms with Crippen LogP contribution in [0.3, 0.4) is 0 Å². The first kappa shape index (κ1) is 17.9. The topological polar surface area (TPSA) is 87.7 Å². The zero-order valence-corrected chi connectivity index (χ0v) is 14.5. The summed E-state index contributed by atoms with van der Waals surface area (Å²) < 4.78 is 32.5. The van der Waals surface area contributed by atoms with E-state index >= 15 is 0 Å². The summed E-state index contributed by atoms with van der Waals surface area (Å²) in [5, 5.41) is 4.84. The van der Waals surface area contributed by atoms with Gasteiger partial charge in [0.05, 0.1) is 12.3 Å². The molecular formula is C19H15F2N3O4. The number of halogens is 2. The molecule has 0 aromatic heterocycles. The van der Waals surface area contributed by atoms with E-state index in [4.69, 9.17) is 4.74 Å². The molecule has 1 atom stereocenters. The molecular weight excluding hydrogens is 372 g/mol. The Morgan fingerprint density at radius 3 is 2.82 bits per heavy atom. The molecule has 2 aromatic carbocycles. The van der Waals surface area contributed by atoms with Crippen LogP contribution < -0.4 is 15.4 Å². The number of hydrogen-bond donors (Lipinski definition) is 2. The van der Waals surface area contributed by atoms with Crippen molar-refractivity contribution in [2.24, 2.45) is 0 Å². The lowest BCUT2D eigenvalue weighted by Gasteiger charge is -2.33. The van der Waals surface area contributed by atoms with E-state index in [0.29, 0.717) is 11.3 Å². The molecule has 2 heterocycles. The Morgan fingerprint density at radius 1 is 1.21 bits per heavy atom. The van der Waals surface area contributed by atoms with Gasteiger partial charge in [-0.3, -0.25) is 14.5 Å². The summed E-state index contributed by atoms with van der Waals surface area (Å²) in [6.07, 6.45) is 0.214. The van der Waals surface area contributed by atoms with Crippen LogP contribution in [-0.2, 0) is 15.1 Å². The number of nitrogens with zero attached hydrogens (tertiary/aromatic N) is 1. The average molecular weight is 387 g/mol. The number of benzene rings is 2. The molecule has 144 valence electrons. The summed E-state index contributed by atoms with van der Waals surface area (Å²) in [6.45, 7) is -0.414. The van der Waals surface area contributed by atoms with E-state index in [1.165, 1.54) is 0 Å². The number of imide groups is 1. The molecule has 28 heavy (non-hydrogen) atoms. The third-order valence-corrected chi connectivity index (χ3v) is 4.76. The van der Waals surface area contributed by atoms with E-state index in [9.17, 15) is 23.2 Å². The van der Waals surface area contributed by atoms with Gasteiger partial charge in [-0.2, -0.15) is 0 Å². The molecule has 0 radical (unpaired) electrons. The van der Waals surface area contributed by atoms with Gasteiger partial charge in [0.1, 0.15) is 23.9 Å². The van der Waals surface area contributed by atoms with Gasteiger partial charge in [-0.1, -0.05) is 18.2 Å². The molecule has 9 heteroatoms. The summed E-state index contributed by atoms with van der Waals surface area (Å²) in [5.41, 5.74) is -1.17. The van der Waals surface area contributed by atoms with E-state index in [1.54, 1.807) is 24.3 Å². The lowest BCUT2D eigenvalue weighted by atomic mass is 9.84. The van der Waals surface area contributed by atoms with E-state index in [0.717, 1.165) is 23.1 Å². The van der Waals surface area contributed by atoms with E-state index < -0.39 is 41.6 Å². The Balaban J connectivity index is 1.56. The predicted octanol–water partition coefficient (Wildman–Crippen LogP) is 2.13.